The van der Waals surface area contributed by atoms with Gasteiger partial charge < -0.3 is 0 Å². The van der Waals surface area contributed by atoms with Crippen LogP contribution in [0.3, 0.4) is 0 Å². The Hall–Kier alpha value is -0.650. The molecule has 0 radical (unpaired) electrons. The van der Waals surface area contributed by atoms with Gasteiger partial charge >= 0.3 is 0 Å². The first-order valence-corrected chi connectivity index (χ1v) is 8.21. The van der Waals surface area contributed by atoms with E-state index in [4.69, 9.17) is 0 Å². The van der Waals surface area contributed by atoms with E-state index < -0.39 is 0 Å². The van der Waals surface area contributed by atoms with E-state index in [0.717, 1.165) is 19.4 Å². The minimum Gasteiger partial charge on any atom is -0.298 e. The topological polar surface area (TPSA) is 30.0 Å². The minimum absolute atomic E-state index is 0.195. The molecule has 0 bridgehead atoms. The summed E-state index contributed by atoms with van der Waals surface area (Å²) in [5.41, 5.74) is 0.937. The van der Waals surface area contributed by atoms with E-state index in [-0.39, 0.29) is 5.78 Å². The molecular weight excluding hydrogens is 390 g/mol. The van der Waals surface area contributed by atoms with E-state index in [1.165, 1.54) is 0 Å². The molecule has 0 aliphatic heterocycles. The Morgan fingerprint density at radius 1 is 1.21 bits per heavy atom. The van der Waals surface area contributed by atoms with E-state index in [0.29, 0.717) is 12.2 Å². The highest BCUT2D eigenvalue weighted by Gasteiger charge is 2.07. The predicted octanol–water partition coefficient (Wildman–Crippen LogP) is 4.51. The zero-order valence-corrected chi connectivity index (χ0v) is 14.0. The number of hydrogen-bond acceptors (Lipinski definition) is 3. The lowest BCUT2D eigenvalue weighted by Gasteiger charge is -2.04. The van der Waals surface area contributed by atoms with Gasteiger partial charge in [0, 0.05) is 32.7 Å². The van der Waals surface area contributed by atoms with Crippen LogP contribution in [0.5, 0.6) is 0 Å². The number of halogens is 2. The first kappa shape index (κ1) is 14.8. The Morgan fingerprint density at radius 3 is 2.74 bits per heavy atom. The average Bonchev–Trinajstić information content (AvgIpc) is 2.38. The van der Waals surface area contributed by atoms with Gasteiger partial charge in [-0.2, -0.15) is 0 Å². The molecule has 1 aromatic heterocycles. The van der Waals surface area contributed by atoms with Gasteiger partial charge in [-0.25, -0.2) is 0 Å². The van der Waals surface area contributed by atoms with Crippen molar-refractivity contribution in [3.63, 3.8) is 0 Å². The molecule has 5 heteroatoms. The van der Waals surface area contributed by atoms with Crippen LogP contribution in [0, 0.1) is 0 Å². The van der Waals surface area contributed by atoms with Crippen LogP contribution < -0.4 is 0 Å². The number of nitrogens with zero attached hydrogens (tertiary/aromatic N) is 1. The Balaban J connectivity index is 1.90. The molecule has 0 amide bonds. The van der Waals surface area contributed by atoms with Crippen molar-refractivity contribution in [2.24, 2.45) is 0 Å². The van der Waals surface area contributed by atoms with Crippen molar-refractivity contribution in [3.8, 4) is 0 Å². The summed E-state index contributed by atoms with van der Waals surface area (Å²) in [4.78, 5) is 17.1. The molecule has 2 aromatic rings. The maximum atomic E-state index is 11.9. The lowest BCUT2D eigenvalue weighted by molar-refractivity contribution is -0.116. The number of aromatic nitrogens is 1. The maximum Gasteiger partial charge on any atom is 0.147 e. The van der Waals surface area contributed by atoms with E-state index in [2.05, 4.69) is 36.8 Å². The Bertz CT molecular complexity index is 589. The molecule has 2 nitrogen and oxygen atoms in total. The molecule has 1 heterocycles. The number of carbonyl (C=O) groups excluding carboxylic acids is 1. The van der Waals surface area contributed by atoms with Crippen molar-refractivity contribution in [1.29, 1.82) is 0 Å². The molecule has 0 unspecified atom stereocenters. The summed E-state index contributed by atoms with van der Waals surface area (Å²) in [5.74, 6) is 0.662. The van der Waals surface area contributed by atoms with Crippen molar-refractivity contribution in [2.75, 3.05) is 5.75 Å². The molecule has 0 atom stereocenters. The Kier molecular flexibility index (Phi) is 5.60. The van der Waals surface area contributed by atoms with E-state index in [9.17, 15) is 4.79 Å². The van der Waals surface area contributed by atoms with Gasteiger partial charge in [0.25, 0.3) is 0 Å². The molecule has 0 spiro atoms. The van der Waals surface area contributed by atoms with Crippen molar-refractivity contribution in [3.05, 3.63) is 57.2 Å². The number of benzene rings is 1. The van der Waals surface area contributed by atoms with Gasteiger partial charge in [0.2, 0.25) is 0 Å². The van der Waals surface area contributed by atoms with Crippen LogP contribution in [0.2, 0.25) is 0 Å². The average molecular weight is 401 g/mol. The lowest BCUT2D eigenvalue weighted by Crippen LogP contribution is -2.06. The van der Waals surface area contributed by atoms with Crippen LogP contribution in [-0.2, 0) is 11.2 Å². The highest BCUT2D eigenvalue weighted by atomic mass is 79.9. The molecule has 0 N–H and O–H groups in total. The zero-order valence-electron chi connectivity index (χ0n) is 9.98. The molecule has 0 saturated carbocycles. The monoisotopic (exact) mass is 399 g/mol. The van der Waals surface area contributed by atoms with Crippen LogP contribution in [-0.4, -0.2) is 16.5 Å². The third-order valence-electron chi connectivity index (χ3n) is 2.39. The van der Waals surface area contributed by atoms with Crippen LogP contribution in [0.25, 0.3) is 0 Å². The predicted molar refractivity (Wildman–Crippen MR) is 85.5 cm³/mol. The van der Waals surface area contributed by atoms with Crippen molar-refractivity contribution in [1.82, 2.24) is 4.98 Å². The normalized spacial score (nSPS) is 10.4. The molecule has 0 saturated heterocycles. The van der Waals surface area contributed by atoms with Crippen LogP contribution in [0.1, 0.15) is 5.56 Å². The fourth-order valence-electron chi connectivity index (χ4n) is 1.55. The molecule has 98 valence electrons. The standard InChI is InChI=1S/C14H11Br2NOS/c15-11-5-10(7-17-8-11)6-12(18)9-19-14-4-2-1-3-13(14)16/h1-5,7-8H,6,9H2. The van der Waals surface area contributed by atoms with E-state index in [1.54, 1.807) is 24.2 Å². The van der Waals surface area contributed by atoms with Gasteiger partial charge in [-0.05, 0) is 55.6 Å². The van der Waals surface area contributed by atoms with Crippen molar-refractivity contribution < 1.29 is 4.79 Å². The smallest absolute Gasteiger partial charge is 0.147 e. The van der Waals surface area contributed by atoms with Gasteiger partial charge in [-0.1, -0.05) is 12.1 Å². The zero-order chi connectivity index (χ0) is 13.7. The Morgan fingerprint density at radius 2 is 2.00 bits per heavy atom. The number of ketones is 1. The number of thioether (sulfide) groups is 1. The molecular formula is C14H11Br2NOS. The number of pyridine rings is 1. The second-order valence-corrected chi connectivity index (χ2v) is 6.73. The van der Waals surface area contributed by atoms with Crippen molar-refractivity contribution >= 4 is 49.4 Å². The second kappa shape index (κ2) is 7.22. The SMILES string of the molecule is O=C(CSc1ccccc1Br)Cc1cncc(Br)c1. The fourth-order valence-corrected chi connectivity index (χ4v) is 3.39. The summed E-state index contributed by atoms with van der Waals surface area (Å²) in [6.07, 6.45) is 3.86. The van der Waals surface area contributed by atoms with Gasteiger partial charge in [0.15, 0.2) is 0 Å². The van der Waals surface area contributed by atoms with E-state index >= 15 is 0 Å². The third-order valence-corrected chi connectivity index (χ3v) is 4.91. The van der Waals surface area contributed by atoms with Gasteiger partial charge in [0.1, 0.15) is 5.78 Å². The number of carbonyl (C=O) groups is 1. The van der Waals surface area contributed by atoms with Gasteiger partial charge in [-0.3, -0.25) is 9.78 Å². The van der Waals surface area contributed by atoms with Crippen LogP contribution in [0.4, 0.5) is 0 Å². The van der Waals surface area contributed by atoms with Crippen LogP contribution >= 0.6 is 43.6 Å². The third kappa shape index (κ3) is 4.75. The second-order valence-electron chi connectivity index (χ2n) is 3.95. The number of hydrogen-bond donors (Lipinski definition) is 0. The van der Waals surface area contributed by atoms with E-state index in [1.807, 2.05) is 30.3 Å². The highest BCUT2D eigenvalue weighted by Crippen LogP contribution is 2.27. The minimum atomic E-state index is 0.195. The molecule has 2 rings (SSSR count). The molecule has 0 aliphatic carbocycles. The molecule has 1 aromatic carbocycles. The van der Waals surface area contributed by atoms with Gasteiger partial charge in [0.05, 0.1) is 5.75 Å². The lowest BCUT2D eigenvalue weighted by atomic mass is 10.2. The summed E-state index contributed by atoms with van der Waals surface area (Å²) < 4.78 is 1.92. The quantitative estimate of drug-likeness (QED) is 0.691. The maximum absolute atomic E-state index is 11.9. The van der Waals surface area contributed by atoms with Crippen LogP contribution in [0.15, 0.2) is 56.6 Å². The molecule has 0 fully saturated rings. The largest absolute Gasteiger partial charge is 0.298 e. The number of rotatable bonds is 5. The fraction of sp³-hybridized carbons (Fsp3) is 0.143. The first-order chi connectivity index (χ1) is 9.15. The van der Waals surface area contributed by atoms with Crippen molar-refractivity contribution in [2.45, 2.75) is 11.3 Å². The molecule has 0 aliphatic rings. The Labute approximate surface area is 133 Å². The summed E-state index contributed by atoms with van der Waals surface area (Å²) >= 11 is 8.38. The number of Topliss-reactive ketones (excluding diaryl/α,β-unsaturated/α-hetero) is 1. The molecule has 19 heavy (non-hydrogen) atoms. The summed E-state index contributed by atoms with van der Waals surface area (Å²) in [6, 6.07) is 9.83. The van der Waals surface area contributed by atoms with Gasteiger partial charge in [-0.15, -0.1) is 11.8 Å². The summed E-state index contributed by atoms with van der Waals surface area (Å²) in [7, 11) is 0. The summed E-state index contributed by atoms with van der Waals surface area (Å²) in [5, 5.41) is 0. The summed E-state index contributed by atoms with van der Waals surface area (Å²) in [6.45, 7) is 0. The first-order valence-electron chi connectivity index (χ1n) is 5.63. The highest BCUT2D eigenvalue weighted by molar-refractivity contribution is 9.10.